The standard InChI is InChI=1S/C22H25Cl2NO6/c1-28-18-10-14(11-19(29-2)20(18)30-3)21(27)25-12-15(5-4-8-26)31-22(25)13-6-7-16(23)17(24)9-13/h6-7,9-11,15,22,26H,4-5,8,12H2,1-3H3. The second-order valence-corrected chi connectivity index (χ2v) is 7.84. The Morgan fingerprint density at radius 3 is 2.32 bits per heavy atom. The second kappa shape index (κ2) is 10.4. The van der Waals surface area contributed by atoms with E-state index < -0.39 is 6.23 Å². The molecule has 0 aliphatic carbocycles. The number of amides is 1. The quantitative estimate of drug-likeness (QED) is 0.619. The molecule has 2 aromatic carbocycles. The number of methoxy groups -OCH3 is 3. The third kappa shape index (κ3) is 5.01. The minimum Gasteiger partial charge on any atom is -0.493 e. The molecule has 2 unspecified atom stereocenters. The molecule has 1 N–H and O–H groups in total. The molecule has 0 saturated carbocycles. The summed E-state index contributed by atoms with van der Waals surface area (Å²) in [5.41, 5.74) is 1.08. The van der Waals surface area contributed by atoms with Crippen molar-refractivity contribution in [3.63, 3.8) is 0 Å². The van der Waals surface area contributed by atoms with Gasteiger partial charge in [-0.05, 0) is 37.1 Å². The van der Waals surface area contributed by atoms with Crippen molar-refractivity contribution >= 4 is 29.1 Å². The number of benzene rings is 2. The van der Waals surface area contributed by atoms with Crippen molar-refractivity contribution in [1.82, 2.24) is 4.90 Å². The molecule has 1 fully saturated rings. The normalized spacial score (nSPS) is 18.2. The number of aliphatic hydroxyl groups is 1. The molecule has 0 bridgehead atoms. The summed E-state index contributed by atoms with van der Waals surface area (Å²) in [6.07, 6.45) is 0.320. The first-order valence-electron chi connectivity index (χ1n) is 9.75. The van der Waals surface area contributed by atoms with Crippen LogP contribution in [0.5, 0.6) is 17.2 Å². The van der Waals surface area contributed by atoms with Crippen LogP contribution in [-0.2, 0) is 4.74 Å². The van der Waals surface area contributed by atoms with Gasteiger partial charge in [-0.15, -0.1) is 0 Å². The van der Waals surface area contributed by atoms with E-state index in [4.69, 9.17) is 42.1 Å². The van der Waals surface area contributed by atoms with Gasteiger partial charge < -0.3 is 29.0 Å². The van der Waals surface area contributed by atoms with Crippen molar-refractivity contribution in [3.8, 4) is 17.2 Å². The lowest BCUT2D eigenvalue weighted by atomic mass is 10.1. The highest BCUT2D eigenvalue weighted by Crippen LogP contribution is 2.40. The summed E-state index contributed by atoms with van der Waals surface area (Å²) in [6.45, 7) is 0.415. The smallest absolute Gasteiger partial charge is 0.256 e. The van der Waals surface area contributed by atoms with Crippen LogP contribution in [0.1, 0.15) is 35.0 Å². The maximum absolute atomic E-state index is 13.5. The van der Waals surface area contributed by atoms with E-state index in [0.29, 0.717) is 57.8 Å². The summed E-state index contributed by atoms with van der Waals surface area (Å²) in [4.78, 5) is 15.2. The van der Waals surface area contributed by atoms with Crippen LogP contribution in [0.3, 0.4) is 0 Å². The van der Waals surface area contributed by atoms with E-state index in [1.165, 1.54) is 21.3 Å². The first-order valence-corrected chi connectivity index (χ1v) is 10.5. The molecule has 9 heteroatoms. The number of aliphatic hydroxyl groups excluding tert-OH is 1. The molecule has 0 spiro atoms. The third-order valence-corrected chi connectivity index (χ3v) is 5.83. The molecule has 168 valence electrons. The van der Waals surface area contributed by atoms with Gasteiger partial charge in [-0.1, -0.05) is 29.3 Å². The van der Waals surface area contributed by atoms with Crippen molar-refractivity contribution in [1.29, 1.82) is 0 Å². The van der Waals surface area contributed by atoms with Crippen LogP contribution in [-0.4, -0.2) is 56.5 Å². The van der Waals surface area contributed by atoms with Gasteiger partial charge in [0.05, 0.1) is 44.0 Å². The van der Waals surface area contributed by atoms with Crippen molar-refractivity contribution in [2.24, 2.45) is 0 Å². The predicted molar refractivity (Wildman–Crippen MR) is 118 cm³/mol. The van der Waals surface area contributed by atoms with E-state index in [0.717, 1.165) is 0 Å². The SMILES string of the molecule is COc1cc(C(=O)N2CC(CCCO)OC2c2ccc(Cl)c(Cl)c2)cc(OC)c1OC. The van der Waals surface area contributed by atoms with Crippen LogP contribution in [0.15, 0.2) is 30.3 Å². The van der Waals surface area contributed by atoms with Gasteiger partial charge in [-0.25, -0.2) is 0 Å². The molecule has 3 rings (SSSR count). The molecule has 1 amide bonds. The zero-order valence-electron chi connectivity index (χ0n) is 17.6. The molecule has 1 saturated heterocycles. The van der Waals surface area contributed by atoms with Gasteiger partial charge in [0.1, 0.15) is 0 Å². The summed E-state index contributed by atoms with van der Waals surface area (Å²) in [6, 6.07) is 8.36. The molecule has 0 radical (unpaired) electrons. The van der Waals surface area contributed by atoms with E-state index in [2.05, 4.69) is 0 Å². The summed E-state index contributed by atoms with van der Waals surface area (Å²) in [5, 5.41) is 9.98. The Morgan fingerprint density at radius 1 is 1.10 bits per heavy atom. The number of rotatable bonds is 8. The van der Waals surface area contributed by atoms with Crippen LogP contribution in [0.4, 0.5) is 0 Å². The molecular weight excluding hydrogens is 445 g/mol. The van der Waals surface area contributed by atoms with Crippen LogP contribution >= 0.6 is 23.2 Å². The zero-order chi connectivity index (χ0) is 22.5. The van der Waals surface area contributed by atoms with Crippen LogP contribution in [0.25, 0.3) is 0 Å². The average Bonchev–Trinajstić information content (AvgIpc) is 3.22. The Morgan fingerprint density at radius 2 is 1.77 bits per heavy atom. The summed E-state index contributed by atoms with van der Waals surface area (Å²) >= 11 is 12.3. The number of hydrogen-bond donors (Lipinski definition) is 1. The fourth-order valence-corrected chi connectivity index (χ4v) is 3.88. The maximum Gasteiger partial charge on any atom is 0.256 e. The Kier molecular flexibility index (Phi) is 7.89. The van der Waals surface area contributed by atoms with Crippen LogP contribution in [0.2, 0.25) is 10.0 Å². The monoisotopic (exact) mass is 469 g/mol. The van der Waals surface area contributed by atoms with Crippen molar-refractivity contribution < 1.29 is 28.8 Å². The molecule has 7 nitrogen and oxygen atoms in total. The van der Waals surface area contributed by atoms with E-state index >= 15 is 0 Å². The van der Waals surface area contributed by atoms with Crippen molar-refractivity contribution in [2.45, 2.75) is 25.2 Å². The van der Waals surface area contributed by atoms with E-state index in [1.807, 2.05) is 0 Å². The lowest BCUT2D eigenvalue weighted by Crippen LogP contribution is -2.32. The number of halogens is 2. The van der Waals surface area contributed by atoms with E-state index in [1.54, 1.807) is 35.2 Å². The van der Waals surface area contributed by atoms with Crippen LogP contribution in [0, 0.1) is 0 Å². The molecule has 1 heterocycles. The van der Waals surface area contributed by atoms with Gasteiger partial charge in [0, 0.05) is 17.7 Å². The molecule has 1 aliphatic heterocycles. The highest BCUT2D eigenvalue weighted by atomic mass is 35.5. The first kappa shape index (κ1) is 23.5. The number of nitrogens with zero attached hydrogens (tertiary/aromatic N) is 1. The summed E-state index contributed by atoms with van der Waals surface area (Å²) in [7, 11) is 4.49. The fourth-order valence-electron chi connectivity index (χ4n) is 3.58. The second-order valence-electron chi connectivity index (χ2n) is 7.02. The van der Waals surface area contributed by atoms with Gasteiger partial charge in [0.15, 0.2) is 17.7 Å². The Bertz CT molecular complexity index is 913. The third-order valence-electron chi connectivity index (χ3n) is 5.09. The molecule has 2 aromatic rings. The Labute approximate surface area is 191 Å². The van der Waals surface area contributed by atoms with Crippen molar-refractivity contribution in [3.05, 3.63) is 51.5 Å². The highest BCUT2D eigenvalue weighted by Gasteiger charge is 2.38. The number of ether oxygens (including phenoxy) is 4. The van der Waals surface area contributed by atoms with Gasteiger partial charge in [-0.2, -0.15) is 0 Å². The van der Waals surface area contributed by atoms with Gasteiger partial charge in [0.25, 0.3) is 5.91 Å². The molecule has 2 atom stereocenters. The Balaban J connectivity index is 1.98. The lowest BCUT2D eigenvalue weighted by Gasteiger charge is -2.24. The van der Waals surface area contributed by atoms with E-state index in [9.17, 15) is 9.90 Å². The van der Waals surface area contributed by atoms with Gasteiger partial charge >= 0.3 is 0 Å². The number of carbonyl (C=O) groups is 1. The first-order chi connectivity index (χ1) is 14.9. The van der Waals surface area contributed by atoms with E-state index in [-0.39, 0.29) is 18.6 Å². The number of carbonyl (C=O) groups excluding carboxylic acids is 1. The zero-order valence-corrected chi connectivity index (χ0v) is 19.1. The van der Waals surface area contributed by atoms with Gasteiger partial charge in [-0.3, -0.25) is 4.79 Å². The maximum atomic E-state index is 13.5. The average molecular weight is 470 g/mol. The summed E-state index contributed by atoms with van der Waals surface area (Å²) < 4.78 is 22.3. The molecule has 31 heavy (non-hydrogen) atoms. The summed E-state index contributed by atoms with van der Waals surface area (Å²) in [5.74, 6) is 0.907. The minimum absolute atomic E-state index is 0.0537. The predicted octanol–water partition coefficient (Wildman–Crippen LogP) is 4.33. The van der Waals surface area contributed by atoms with Gasteiger partial charge in [0.2, 0.25) is 5.75 Å². The van der Waals surface area contributed by atoms with Crippen LogP contribution < -0.4 is 14.2 Å². The largest absolute Gasteiger partial charge is 0.493 e. The molecular formula is C22H25Cl2NO6. The topological polar surface area (TPSA) is 77.5 Å². The fraction of sp³-hybridized carbons (Fsp3) is 0.409. The highest BCUT2D eigenvalue weighted by molar-refractivity contribution is 6.42. The number of hydrogen-bond acceptors (Lipinski definition) is 6. The minimum atomic E-state index is -0.648. The molecule has 0 aromatic heterocycles. The Hall–Kier alpha value is -2.19. The van der Waals surface area contributed by atoms with Crippen molar-refractivity contribution in [2.75, 3.05) is 34.5 Å². The lowest BCUT2D eigenvalue weighted by molar-refractivity contribution is -0.00222. The molecule has 1 aliphatic rings.